The Hall–Kier alpha value is -4.25. The van der Waals surface area contributed by atoms with Gasteiger partial charge in [0.05, 0.1) is 35.4 Å². The number of nitriles is 1. The highest BCUT2D eigenvalue weighted by molar-refractivity contribution is 5.95. The lowest BCUT2D eigenvalue weighted by atomic mass is 10.1. The minimum Gasteiger partial charge on any atom is -0.444 e. The van der Waals surface area contributed by atoms with E-state index in [0.29, 0.717) is 24.6 Å². The van der Waals surface area contributed by atoms with Crippen molar-refractivity contribution in [1.29, 1.82) is 5.26 Å². The molecule has 256 valence electrons. The summed E-state index contributed by atoms with van der Waals surface area (Å²) in [6.07, 6.45) is 1.22. The van der Waals surface area contributed by atoms with E-state index in [1.54, 1.807) is 13.3 Å². The van der Waals surface area contributed by atoms with Crippen molar-refractivity contribution < 1.29 is 19.0 Å². The van der Waals surface area contributed by atoms with E-state index in [1.165, 1.54) is 0 Å². The Labute approximate surface area is 282 Å². The highest BCUT2D eigenvalue weighted by Crippen LogP contribution is 2.31. The lowest BCUT2D eigenvalue weighted by molar-refractivity contribution is -0.0327. The number of alkyl carbamates (subject to hydrolysis) is 1. The van der Waals surface area contributed by atoms with E-state index in [1.807, 2.05) is 58.0 Å². The maximum absolute atomic E-state index is 12.5. The van der Waals surface area contributed by atoms with Crippen LogP contribution < -0.4 is 20.0 Å². The van der Waals surface area contributed by atoms with Crippen LogP contribution >= 0.6 is 0 Å². The van der Waals surface area contributed by atoms with E-state index in [4.69, 9.17) is 24.2 Å². The number of morpholine rings is 1. The summed E-state index contributed by atoms with van der Waals surface area (Å²) in [7, 11) is 1.66. The zero-order chi connectivity index (χ0) is 34.0. The second-order valence-corrected chi connectivity index (χ2v) is 14.0. The van der Waals surface area contributed by atoms with E-state index in [0.717, 1.165) is 73.9 Å². The standard InChI is InChI=1S/C35H47N9O4/c1-23-16-31(40-33(38-23)44-21-28(30(22-44)46-6)39-34(45)48-35(3,4)5)42-14-12-41(13-15-42)19-26-20-43(18-24(2)47-26)29-10-9-25(17-36)32-27(29)8-7-11-37-32/h7-11,16,24,26,28,30H,12-15,18-22H2,1-6H3,(H,39,45)/t24-,26+,28-,30-/m1/s1. The van der Waals surface area contributed by atoms with Gasteiger partial charge < -0.3 is 34.2 Å². The molecule has 0 unspecified atom stereocenters. The Morgan fingerprint density at radius 3 is 2.58 bits per heavy atom. The van der Waals surface area contributed by atoms with Gasteiger partial charge in [-0.2, -0.15) is 10.2 Å². The summed E-state index contributed by atoms with van der Waals surface area (Å²) in [5.41, 5.74) is 2.75. The van der Waals surface area contributed by atoms with Crippen molar-refractivity contribution in [1.82, 2.24) is 25.2 Å². The number of hydrogen-bond acceptors (Lipinski definition) is 12. The third-order valence-electron chi connectivity index (χ3n) is 9.08. The van der Waals surface area contributed by atoms with E-state index in [2.05, 4.69) is 42.9 Å². The molecule has 5 heterocycles. The third kappa shape index (κ3) is 7.72. The maximum atomic E-state index is 12.5. The van der Waals surface area contributed by atoms with E-state index in [9.17, 15) is 10.1 Å². The van der Waals surface area contributed by atoms with Crippen molar-refractivity contribution in [2.75, 3.05) is 80.7 Å². The molecule has 3 aliphatic rings. The number of anilines is 3. The van der Waals surface area contributed by atoms with Crippen molar-refractivity contribution >= 4 is 34.4 Å². The molecule has 2 aromatic heterocycles. The Morgan fingerprint density at radius 1 is 1.06 bits per heavy atom. The number of amides is 1. The molecule has 0 bridgehead atoms. The molecule has 0 aliphatic carbocycles. The van der Waals surface area contributed by atoms with Gasteiger partial charge in [-0.05, 0) is 58.9 Å². The minimum atomic E-state index is -0.578. The van der Waals surface area contributed by atoms with Crippen LogP contribution in [-0.4, -0.2) is 122 Å². The van der Waals surface area contributed by atoms with Crippen LogP contribution in [-0.2, 0) is 14.2 Å². The molecular weight excluding hydrogens is 610 g/mol. The number of aryl methyl sites for hydroxylation is 1. The SMILES string of the molecule is CO[C@@H]1CN(c2nc(C)cc(N3CCN(C[C@H]4CN(c5ccc(C#N)c6ncccc56)C[C@@H](C)O4)CC3)n2)C[C@H]1NC(=O)OC(C)(C)C. The van der Waals surface area contributed by atoms with Gasteiger partial charge in [-0.3, -0.25) is 9.88 Å². The maximum Gasteiger partial charge on any atom is 0.408 e. The van der Waals surface area contributed by atoms with Crippen LogP contribution in [0.3, 0.4) is 0 Å². The molecule has 6 rings (SSSR count). The Balaban J connectivity index is 1.07. The number of pyridine rings is 1. The van der Waals surface area contributed by atoms with Crippen molar-refractivity contribution in [3.63, 3.8) is 0 Å². The Morgan fingerprint density at radius 2 is 1.85 bits per heavy atom. The second-order valence-electron chi connectivity index (χ2n) is 14.0. The lowest BCUT2D eigenvalue weighted by Gasteiger charge is -2.42. The normalized spacial score (nSPS) is 23.7. The topological polar surface area (TPSA) is 132 Å². The second kappa shape index (κ2) is 14.1. The number of nitrogens with one attached hydrogen (secondary N) is 1. The number of carbonyl (C=O) groups excluding carboxylic acids is 1. The molecule has 0 radical (unpaired) electrons. The highest BCUT2D eigenvalue weighted by atomic mass is 16.6. The van der Waals surface area contributed by atoms with Crippen LogP contribution in [0.15, 0.2) is 36.5 Å². The number of fused-ring (bicyclic) bond motifs is 1. The molecule has 4 atom stereocenters. The number of aromatic nitrogens is 3. The van der Waals surface area contributed by atoms with E-state index in [-0.39, 0.29) is 24.4 Å². The molecule has 13 heteroatoms. The molecule has 13 nitrogen and oxygen atoms in total. The molecule has 3 aromatic rings. The first kappa shape index (κ1) is 33.6. The lowest BCUT2D eigenvalue weighted by Crippen LogP contribution is -2.54. The number of methoxy groups -OCH3 is 1. The first-order chi connectivity index (χ1) is 23.0. The van der Waals surface area contributed by atoms with Crippen LogP contribution in [0.25, 0.3) is 10.9 Å². The van der Waals surface area contributed by atoms with Gasteiger partial charge in [-0.25, -0.2) is 9.78 Å². The van der Waals surface area contributed by atoms with E-state index >= 15 is 0 Å². The molecule has 1 aromatic carbocycles. The van der Waals surface area contributed by atoms with Gasteiger partial charge in [0.25, 0.3) is 0 Å². The predicted molar refractivity (Wildman–Crippen MR) is 185 cm³/mol. The molecular formula is C35H47N9O4. The van der Waals surface area contributed by atoms with Crippen molar-refractivity contribution in [3.05, 3.63) is 47.8 Å². The minimum absolute atomic E-state index is 0.0571. The molecule has 3 aliphatic heterocycles. The molecule has 3 fully saturated rings. The third-order valence-corrected chi connectivity index (χ3v) is 9.08. The zero-order valence-corrected chi connectivity index (χ0v) is 28.8. The van der Waals surface area contributed by atoms with Crippen LogP contribution in [0.5, 0.6) is 0 Å². The summed E-state index contributed by atoms with van der Waals surface area (Å²) in [5.74, 6) is 1.54. The zero-order valence-electron chi connectivity index (χ0n) is 28.8. The van der Waals surface area contributed by atoms with Crippen LogP contribution in [0, 0.1) is 18.3 Å². The average molecular weight is 658 g/mol. The summed E-state index contributed by atoms with van der Waals surface area (Å²) in [4.78, 5) is 36.0. The first-order valence-electron chi connectivity index (χ1n) is 16.8. The molecule has 0 spiro atoms. The summed E-state index contributed by atoms with van der Waals surface area (Å²) >= 11 is 0. The summed E-state index contributed by atoms with van der Waals surface area (Å²) < 4.78 is 17.6. The number of benzene rings is 1. The van der Waals surface area contributed by atoms with Crippen LogP contribution in [0.1, 0.15) is 39.0 Å². The van der Waals surface area contributed by atoms with Crippen molar-refractivity contribution in [3.8, 4) is 6.07 Å². The number of rotatable bonds is 7. The summed E-state index contributed by atoms with van der Waals surface area (Å²) in [6.45, 7) is 16.6. The van der Waals surface area contributed by atoms with Crippen LogP contribution in [0.2, 0.25) is 0 Å². The molecule has 3 saturated heterocycles. The summed E-state index contributed by atoms with van der Waals surface area (Å²) in [5, 5.41) is 13.6. The fraction of sp³-hybridized carbons (Fsp3) is 0.571. The first-order valence-corrected chi connectivity index (χ1v) is 16.8. The average Bonchev–Trinajstić information content (AvgIpc) is 3.45. The fourth-order valence-electron chi connectivity index (χ4n) is 6.93. The Bertz CT molecular complexity index is 1650. The molecule has 1 amide bonds. The van der Waals surface area contributed by atoms with Gasteiger partial charge in [0, 0.05) is 95.0 Å². The van der Waals surface area contributed by atoms with Crippen LogP contribution in [0.4, 0.5) is 22.2 Å². The highest BCUT2D eigenvalue weighted by Gasteiger charge is 2.37. The predicted octanol–water partition coefficient (Wildman–Crippen LogP) is 3.35. The number of ether oxygens (including phenoxy) is 3. The van der Waals surface area contributed by atoms with Gasteiger partial charge in [0.15, 0.2) is 0 Å². The van der Waals surface area contributed by atoms with Crippen molar-refractivity contribution in [2.24, 2.45) is 0 Å². The number of hydrogen-bond donors (Lipinski definition) is 1. The van der Waals surface area contributed by atoms with Crippen molar-refractivity contribution in [2.45, 2.75) is 64.6 Å². The van der Waals surface area contributed by atoms with E-state index < -0.39 is 11.7 Å². The van der Waals surface area contributed by atoms with Gasteiger partial charge in [-0.1, -0.05) is 0 Å². The summed E-state index contributed by atoms with van der Waals surface area (Å²) in [6, 6.07) is 12.0. The molecule has 1 N–H and O–H groups in total. The molecule has 48 heavy (non-hydrogen) atoms. The number of piperazine rings is 1. The molecule has 0 saturated carbocycles. The number of carbonyl (C=O) groups is 1. The fourth-order valence-corrected chi connectivity index (χ4v) is 6.93. The van der Waals surface area contributed by atoms with Gasteiger partial charge in [0.1, 0.15) is 17.5 Å². The van der Waals surface area contributed by atoms with Gasteiger partial charge >= 0.3 is 6.09 Å². The van der Waals surface area contributed by atoms with Gasteiger partial charge in [-0.15, -0.1) is 0 Å². The monoisotopic (exact) mass is 657 g/mol. The Kier molecular flexibility index (Phi) is 9.87. The quantitative estimate of drug-likeness (QED) is 0.400. The largest absolute Gasteiger partial charge is 0.444 e. The van der Waals surface area contributed by atoms with Gasteiger partial charge in [0.2, 0.25) is 5.95 Å². The number of nitrogens with zero attached hydrogens (tertiary/aromatic N) is 8. The smallest absolute Gasteiger partial charge is 0.408 e.